The lowest BCUT2D eigenvalue weighted by molar-refractivity contribution is 0.275. The van der Waals surface area contributed by atoms with Crippen LogP contribution in [-0.4, -0.2) is 20.4 Å². The van der Waals surface area contributed by atoms with E-state index in [9.17, 15) is 8.76 Å². The molecule has 13 heavy (non-hydrogen) atoms. The van der Waals surface area contributed by atoms with E-state index >= 15 is 0 Å². The quantitative estimate of drug-likeness (QED) is 0.621. The molecule has 0 aliphatic carbocycles. The summed E-state index contributed by atoms with van der Waals surface area (Å²) >= 11 is -2.20. The van der Waals surface area contributed by atoms with Gasteiger partial charge >= 0.3 is 0 Å². The maximum atomic E-state index is 10.6. The Morgan fingerprint density at radius 2 is 2.46 bits per heavy atom. The Hall–Kier alpha value is -0.940. The van der Waals surface area contributed by atoms with E-state index in [0.717, 1.165) is 18.4 Å². The Balaban J connectivity index is 2.40. The summed E-state index contributed by atoms with van der Waals surface area (Å²) in [6.45, 7) is 0.666. The molecule has 0 aromatic carbocycles. The van der Waals surface area contributed by atoms with Gasteiger partial charge in [-0.15, -0.1) is 0 Å². The molecule has 0 N–H and O–H groups in total. The summed E-state index contributed by atoms with van der Waals surface area (Å²) in [4.78, 5) is 4.15. The van der Waals surface area contributed by atoms with Gasteiger partial charge in [-0.1, -0.05) is 0 Å². The number of rotatable bonds is 1. The third-order valence-corrected chi connectivity index (χ3v) is 2.53. The van der Waals surface area contributed by atoms with Crippen LogP contribution in [-0.2, 0) is 17.5 Å². The second-order valence-corrected chi connectivity index (χ2v) is 3.76. The molecule has 1 aliphatic heterocycles. The number of pyridine rings is 1. The molecule has 1 aromatic heterocycles. The van der Waals surface area contributed by atoms with Gasteiger partial charge in [0.25, 0.3) is 0 Å². The number of ether oxygens (including phenoxy) is 1. The molecule has 70 valence electrons. The Morgan fingerprint density at radius 1 is 1.62 bits per heavy atom. The minimum atomic E-state index is -2.20. The van der Waals surface area contributed by atoms with Gasteiger partial charge < -0.3 is 9.29 Å². The summed E-state index contributed by atoms with van der Waals surface area (Å²) in [7, 11) is 0. The molecule has 0 saturated heterocycles. The van der Waals surface area contributed by atoms with Crippen molar-refractivity contribution >= 4 is 11.1 Å². The molecule has 0 bridgehead atoms. The minimum absolute atomic E-state index is 0.226. The lowest BCUT2D eigenvalue weighted by Gasteiger charge is -2.16. The molecule has 1 aliphatic rings. The fourth-order valence-electron chi connectivity index (χ4n) is 1.31. The van der Waals surface area contributed by atoms with Gasteiger partial charge in [0.05, 0.1) is 6.61 Å². The van der Waals surface area contributed by atoms with Crippen LogP contribution in [0.15, 0.2) is 17.2 Å². The van der Waals surface area contributed by atoms with Gasteiger partial charge in [0.15, 0.2) is 0 Å². The lowest BCUT2D eigenvalue weighted by atomic mass is 10.1. The van der Waals surface area contributed by atoms with Gasteiger partial charge in [-0.25, -0.2) is 4.98 Å². The van der Waals surface area contributed by atoms with Crippen LogP contribution in [0, 0.1) is 0 Å². The molecule has 0 spiro atoms. The number of nitrogens with zero attached hydrogens (tertiary/aromatic N) is 1. The van der Waals surface area contributed by atoms with E-state index in [-0.39, 0.29) is 4.90 Å². The highest BCUT2D eigenvalue weighted by Crippen LogP contribution is 2.23. The predicted molar refractivity (Wildman–Crippen MR) is 45.2 cm³/mol. The van der Waals surface area contributed by atoms with Crippen molar-refractivity contribution in [2.24, 2.45) is 0 Å². The summed E-state index contributed by atoms with van der Waals surface area (Å²) in [5, 5.41) is 0. The molecule has 0 amide bonds. The summed E-state index contributed by atoms with van der Waals surface area (Å²) < 4.78 is 26.5. The number of hydrogen-bond acceptors (Lipinski definition) is 4. The third-order valence-electron chi connectivity index (χ3n) is 1.92. The van der Waals surface area contributed by atoms with Crippen molar-refractivity contribution in [2.45, 2.75) is 17.7 Å². The van der Waals surface area contributed by atoms with Crippen LogP contribution in [0.1, 0.15) is 12.0 Å². The van der Waals surface area contributed by atoms with E-state index in [1.165, 1.54) is 6.20 Å². The smallest absolute Gasteiger partial charge is 0.216 e. The monoisotopic (exact) mass is 198 g/mol. The van der Waals surface area contributed by atoms with Crippen LogP contribution < -0.4 is 4.74 Å². The SMILES string of the molecule is O=S([O-])c1cnc2c(c1)CCCO2. The van der Waals surface area contributed by atoms with Crippen molar-refractivity contribution in [3.05, 3.63) is 17.8 Å². The summed E-state index contributed by atoms with van der Waals surface area (Å²) in [5.41, 5.74) is 0.882. The van der Waals surface area contributed by atoms with E-state index < -0.39 is 11.1 Å². The van der Waals surface area contributed by atoms with E-state index in [1.54, 1.807) is 6.07 Å². The van der Waals surface area contributed by atoms with Gasteiger partial charge in [0.1, 0.15) is 0 Å². The van der Waals surface area contributed by atoms with Crippen LogP contribution in [0.3, 0.4) is 0 Å². The van der Waals surface area contributed by atoms with Crippen LogP contribution in [0.25, 0.3) is 0 Å². The third kappa shape index (κ3) is 1.71. The lowest BCUT2D eigenvalue weighted by Crippen LogP contribution is -2.10. The summed E-state index contributed by atoms with van der Waals surface area (Å²) in [6, 6.07) is 1.62. The summed E-state index contributed by atoms with van der Waals surface area (Å²) in [5.74, 6) is 0.570. The van der Waals surface area contributed by atoms with Crippen molar-refractivity contribution < 1.29 is 13.5 Å². The van der Waals surface area contributed by atoms with Gasteiger partial charge in [0.2, 0.25) is 5.88 Å². The van der Waals surface area contributed by atoms with Crippen molar-refractivity contribution in [3.63, 3.8) is 0 Å². The fraction of sp³-hybridized carbons (Fsp3) is 0.375. The van der Waals surface area contributed by atoms with Crippen molar-refractivity contribution in [1.82, 2.24) is 4.98 Å². The van der Waals surface area contributed by atoms with E-state index in [2.05, 4.69) is 4.98 Å². The van der Waals surface area contributed by atoms with Crippen LogP contribution >= 0.6 is 0 Å². The van der Waals surface area contributed by atoms with Crippen molar-refractivity contribution in [3.8, 4) is 5.88 Å². The number of aryl methyl sites for hydroxylation is 1. The number of aromatic nitrogens is 1. The van der Waals surface area contributed by atoms with Gasteiger partial charge in [-0.3, -0.25) is 4.21 Å². The molecule has 0 saturated carbocycles. The fourth-order valence-corrected chi connectivity index (χ4v) is 1.68. The first-order valence-electron chi connectivity index (χ1n) is 3.98. The highest BCUT2D eigenvalue weighted by molar-refractivity contribution is 7.79. The minimum Gasteiger partial charge on any atom is -0.768 e. The van der Waals surface area contributed by atoms with Gasteiger partial charge in [-0.05, 0) is 30.0 Å². The predicted octanol–water partition coefficient (Wildman–Crippen LogP) is 0.645. The maximum Gasteiger partial charge on any atom is 0.216 e. The Morgan fingerprint density at radius 3 is 3.23 bits per heavy atom. The molecule has 0 radical (unpaired) electrons. The van der Waals surface area contributed by atoms with Crippen molar-refractivity contribution in [2.75, 3.05) is 6.61 Å². The molecular formula is C8H8NO3S-. The molecule has 1 atom stereocenters. The van der Waals surface area contributed by atoms with Gasteiger partial charge in [-0.2, -0.15) is 0 Å². The topological polar surface area (TPSA) is 62.2 Å². The zero-order valence-corrected chi connectivity index (χ0v) is 7.67. The molecule has 4 nitrogen and oxygen atoms in total. The largest absolute Gasteiger partial charge is 0.768 e. The molecule has 0 fully saturated rings. The molecular weight excluding hydrogens is 190 g/mol. The number of hydrogen-bond donors (Lipinski definition) is 0. The zero-order valence-electron chi connectivity index (χ0n) is 6.86. The first kappa shape index (κ1) is 8.65. The standard InChI is InChI=1S/C8H9NO3S/c10-13(11)7-4-6-2-1-3-12-8(6)9-5-7/h4-5H,1-3H2,(H,10,11)/p-1. The second-order valence-electron chi connectivity index (χ2n) is 2.82. The van der Waals surface area contributed by atoms with E-state index in [4.69, 9.17) is 4.74 Å². The highest BCUT2D eigenvalue weighted by Gasteiger charge is 2.11. The van der Waals surface area contributed by atoms with E-state index in [0.29, 0.717) is 12.5 Å². The first-order chi connectivity index (χ1) is 6.27. The van der Waals surface area contributed by atoms with E-state index in [1.807, 2.05) is 0 Å². The zero-order chi connectivity index (χ0) is 9.26. The normalized spacial score (nSPS) is 17.3. The molecule has 1 unspecified atom stereocenters. The van der Waals surface area contributed by atoms with Crippen molar-refractivity contribution in [1.29, 1.82) is 0 Å². The summed E-state index contributed by atoms with van der Waals surface area (Å²) in [6.07, 6.45) is 3.07. The Kier molecular flexibility index (Phi) is 2.28. The van der Waals surface area contributed by atoms with Crippen LogP contribution in [0.4, 0.5) is 0 Å². The second kappa shape index (κ2) is 3.43. The van der Waals surface area contributed by atoms with Crippen LogP contribution in [0.2, 0.25) is 0 Å². The Bertz CT molecular complexity index is 353. The van der Waals surface area contributed by atoms with Crippen LogP contribution in [0.5, 0.6) is 5.88 Å². The number of fused-ring (bicyclic) bond motifs is 1. The maximum absolute atomic E-state index is 10.6. The Labute approximate surface area is 78.2 Å². The molecule has 2 heterocycles. The average Bonchev–Trinajstić information content (AvgIpc) is 2.17. The van der Waals surface area contributed by atoms with Gasteiger partial charge in [0, 0.05) is 16.7 Å². The molecule has 5 heteroatoms. The highest BCUT2D eigenvalue weighted by atomic mass is 32.2. The molecule has 2 rings (SSSR count). The average molecular weight is 198 g/mol. The first-order valence-corrected chi connectivity index (χ1v) is 5.06. The molecule has 1 aromatic rings.